The smallest absolute Gasteiger partial charge is 0.227 e. The molecule has 0 unspecified atom stereocenters. The molecule has 0 saturated carbocycles. The van der Waals surface area contributed by atoms with Crippen LogP contribution in [0.25, 0.3) is 0 Å². The summed E-state index contributed by atoms with van der Waals surface area (Å²) in [6.07, 6.45) is 1.06. The van der Waals surface area contributed by atoms with E-state index in [1.165, 1.54) is 12.1 Å². The van der Waals surface area contributed by atoms with Crippen LogP contribution in [0, 0.1) is 5.82 Å². The Bertz CT molecular complexity index is 1540. The Morgan fingerprint density at radius 1 is 0.929 bits per heavy atom. The molecule has 1 aliphatic carbocycles. The summed E-state index contributed by atoms with van der Waals surface area (Å²) in [5, 5.41) is 15.0. The lowest BCUT2D eigenvalue weighted by molar-refractivity contribution is -0.119. The highest BCUT2D eigenvalue weighted by atomic mass is 19.1. The van der Waals surface area contributed by atoms with Crippen LogP contribution >= 0.6 is 0 Å². The Kier molecular flexibility index (Phi) is 7.55. The molecule has 0 aromatic heterocycles. The van der Waals surface area contributed by atoms with E-state index in [-0.39, 0.29) is 52.8 Å². The predicted molar refractivity (Wildman–Crippen MR) is 166 cm³/mol. The first-order valence-corrected chi connectivity index (χ1v) is 14.8. The summed E-state index contributed by atoms with van der Waals surface area (Å²) >= 11 is 0. The quantitative estimate of drug-likeness (QED) is 0.333. The molecule has 42 heavy (non-hydrogen) atoms. The Labute approximate surface area is 248 Å². The van der Waals surface area contributed by atoms with Gasteiger partial charge in [-0.25, -0.2) is 4.39 Å². The van der Waals surface area contributed by atoms with E-state index in [1.807, 2.05) is 43.3 Å². The maximum atomic E-state index is 14.3. The van der Waals surface area contributed by atoms with Gasteiger partial charge in [0, 0.05) is 24.1 Å². The molecule has 1 aliphatic heterocycles. The van der Waals surface area contributed by atoms with E-state index in [4.69, 9.17) is 0 Å². The van der Waals surface area contributed by atoms with Crippen molar-refractivity contribution in [1.29, 1.82) is 0 Å². The van der Waals surface area contributed by atoms with Gasteiger partial charge in [0.25, 0.3) is 0 Å². The number of halogens is 1. The van der Waals surface area contributed by atoms with Crippen molar-refractivity contribution in [3.8, 4) is 5.75 Å². The van der Waals surface area contributed by atoms with Crippen LogP contribution < -0.4 is 10.2 Å². The van der Waals surface area contributed by atoms with Gasteiger partial charge in [-0.1, -0.05) is 72.7 Å². The highest BCUT2D eigenvalue weighted by Crippen LogP contribution is 2.50. The van der Waals surface area contributed by atoms with Crippen LogP contribution in [-0.2, 0) is 20.4 Å². The fraction of sp³-hybridized carbons (Fsp3) is 0.389. The number of nitrogens with one attached hydrogen (secondary N) is 1. The standard InChI is InChI=1S/C36H41FN2O3/c1-8-31(41)39-29-12-10-9-11-27(29)38-28-19-22(21-13-15-24(37)16-14-21)20-30(40)32(28)33(39)23-17-25(35(2,3)4)34(42)26(18-23)36(5,6)7/h9-18,22,33,38,42H,8,19-20H2,1-7H3/t22-,33+/m1/s1. The Morgan fingerprint density at radius 2 is 1.52 bits per heavy atom. The van der Waals surface area contributed by atoms with Crippen molar-refractivity contribution < 1.29 is 19.1 Å². The first-order valence-electron chi connectivity index (χ1n) is 14.8. The van der Waals surface area contributed by atoms with Gasteiger partial charge in [-0.3, -0.25) is 14.5 Å². The number of benzene rings is 3. The minimum absolute atomic E-state index is 0.0486. The summed E-state index contributed by atoms with van der Waals surface area (Å²) in [7, 11) is 0. The lowest BCUT2D eigenvalue weighted by atomic mass is 9.74. The van der Waals surface area contributed by atoms with Gasteiger partial charge in [-0.15, -0.1) is 0 Å². The number of carbonyl (C=O) groups excluding carboxylic acids is 2. The number of anilines is 2. The number of Topliss-reactive ketones (excluding diaryl/α,β-unsaturated/α-hetero) is 1. The van der Waals surface area contributed by atoms with Gasteiger partial charge in [0.1, 0.15) is 11.6 Å². The molecule has 3 aromatic carbocycles. The molecule has 1 heterocycles. The van der Waals surface area contributed by atoms with E-state index >= 15 is 0 Å². The second-order valence-electron chi connectivity index (χ2n) is 13.6. The van der Waals surface area contributed by atoms with E-state index in [1.54, 1.807) is 17.0 Å². The normalized spacial score (nSPS) is 19.1. The highest BCUT2D eigenvalue weighted by molar-refractivity contribution is 6.06. The summed E-state index contributed by atoms with van der Waals surface area (Å²) in [4.78, 5) is 29.9. The number of allylic oxidation sites excluding steroid dienone is 1. The van der Waals surface area contributed by atoms with Gasteiger partial charge in [-0.05, 0) is 81.8 Å². The molecular weight excluding hydrogens is 527 g/mol. The average molecular weight is 569 g/mol. The van der Waals surface area contributed by atoms with Gasteiger partial charge < -0.3 is 10.4 Å². The van der Waals surface area contributed by atoms with Gasteiger partial charge in [0.05, 0.1) is 17.4 Å². The molecule has 2 atom stereocenters. The summed E-state index contributed by atoms with van der Waals surface area (Å²) in [5.74, 6) is -0.333. The molecule has 220 valence electrons. The van der Waals surface area contributed by atoms with Crippen molar-refractivity contribution in [3.05, 3.63) is 100 Å². The number of ketones is 1. The molecule has 1 amide bonds. The molecule has 0 saturated heterocycles. The fourth-order valence-corrected chi connectivity index (χ4v) is 6.28. The van der Waals surface area contributed by atoms with Gasteiger partial charge >= 0.3 is 0 Å². The van der Waals surface area contributed by atoms with E-state index < -0.39 is 6.04 Å². The van der Waals surface area contributed by atoms with Crippen molar-refractivity contribution in [2.24, 2.45) is 0 Å². The Balaban J connectivity index is 1.81. The monoisotopic (exact) mass is 568 g/mol. The van der Waals surface area contributed by atoms with Crippen LogP contribution in [0.3, 0.4) is 0 Å². The van der Waals surface area contributed by atoms with Crippen LogP contribution in [0.15, 0.2) is 71.9 Å². The van der Waals surface area contributed by atoms with Crippen LogP contribution in [0.1, 0.15) is 102 Å². The minimum Gasteiger partial charge on any atom is -0.507 e. The number of phenols is 1. The molecule has 2 N–H and O–H groups in total. The number of aromatic hydroxyl groups is 1. The van der Waals surface area contributed by atoms with Crippen molar-refractivity contribution in [1.82, 2.24) is 0 Å². The zero-order valence-electron chi connectivity index (χ0n) is 25.6. The second kappa shape index (κ2) is 10.7. The zero-order valence-corrected chi connectivity index (χ0v) is 25.6. The lowest BCUT2D eigenvalue weighted by Gasteiger charge is -2.37. The summed E-state index contributed by atoms with van der Waals surface area (Å²) in [6, 6.07) is 17.3. The molecule has 2 aliphatic rings. The fourth-order valence-electron chi connectivity index (χ4n) is 6.28. The van der Waals surface area contributed by atoms with E-state index in [2.05, 4.69) is 46.9 Å². The third-order valence-electron chi connectivity index (χ3n) is 8.47. The van der Waals surface area contributed by atoms with E-state index in [0.29, 0.717) is 17.7 Å². The minimum atomic E-state index is -0.687. The third kappa shape index (κ3) is 5.35. The van der Waals surface area contributed by atoms with Crippen molar-refractivity contribution in [3.63, 3.8) is 0 Å². The number of para-hydroxylation sites is 2. The average Bonchev–Trinajstić information content (AvgIpc) is 3.06. The van der Waals surface area contributed by atoms with Gasteiger partial charge in [-0.2, -0.15) is 0 Å². The lowest BCUT2D eigenvalue weighted by Crippen LogP contribution is -2.38. The second-order valence-corrected chi connectivity index (χ2v) is 13.6. The number of amides is 1. The van der Waals surface area contributed by atoms with Crippen LogP contribution in [0.4, 0.5) is 15.8 Å². The van der Waals surface area contributed by atoms with Crippen molar-refractivity contribution in [2.75, 3.05) is 10.2 Å². The summed E-state index contributed by atoms with van der Waals surface area (Å²) in [6.45, 7) is 14.2. The first-order chi connectivity index (χ1) is 19.7. The molecule has 0 fully saturated rings. The first kappa shape index (κ1) is 29.6. The Hall–Kier alpha value is -3.93. The topological polar surface area (TPSA) is 69.6 Å². The van der Waals surface area contributed by atoms with Crippen LogP contribution in [0.2, 0.25) is 0 Å². The molecule has 6 heteroatoms. The molecular formula is C36H41FN2O3. The maximum Gasteiger partial charge on any atom is 0.227 e. The number of hydrogen-bond donors (Lipinski definition) is 2. The van der Waals surface area contributed by atoms with Crippen molar-refractivity contribution >= 4 is 23.1 Å². The largest absolute Gasteiger partial charge is 0.507 e. The highest BCUT2D eigenvalue weighted by Gasteiger charge is 2.42. The number of carbonyl (C=O) groups is 2. The number of rotatable bonds is 3. The summed E-state index contributed by atoms with van der Waals surface area (Å²) in [5.41, 5.74) is 5.27. The van der Waals surface area contributed by atoms with Gasteiger partial charge in [0.15, 0.2) is 5.78 Å². The number of phenolic OH excluding ortho intramolecular Hbond substituents is 1. The zero-order chi connectivity index (χ0) is 30.6. The van der Waals surface area contributed by atoms with Crippen molar-refractivity contribution in [2.45, 2.75) is 90.5 Å². The molecule has 5 rings (SSSR count). The number of nitrogens with zero attached hydrogens (tertiary/aromatic N) is 1. The molecule has 3 aromatic rings. The molecule has 5 nitrogen and oxygen atoms in total. The predicted octanol–water partition coefficient (Wildman–Crippen LogP) is 8.44. The number of fused-ring (bicyclic) bond motifs is 1. The van der Waals surface area contributed by atoms with E-state index in [9.17, 15) is 19.1 Å². The van der Waals surface area contributed by atoms with Gasteiger partial charge in [0.2, 0.25) is 5.91 Å². The molecule has 0 radical (unpaired) electrons. The SMILES string of the molecule is CCC(=O)N1c2ccccc2NC2=C(C(=O)C[C@H](c3ccc(F)cc3)C2)[C@@H]1c1cc(C(C)(C)C)c(O)c(C(C)(C)C)c1. The summed E-state index contributed by atoms with van der Waals surface area (Å²) < 4.78 is 13.7. The van der Waals surface area contributed by atoms with E-state index in [0.717, 1.165) is 33.6 Å². The Morgan fingerprint density at radius 3 is 2.10 bits per heavy atom. The van der Waals surface area contributed by atoms with Crippen LogP contribution in [-0.4, -0.2) is 16.8 Å². The maximum absolute atomic E-state index is 14.3. The van der Waals surface area contributed by atoms with Crippen LogP contribution in [0.5, 0.6) is 5.75 Å². The third-order valence-corrected chi connectivity index (χ3v) is 8.47. The molecule has 0 bridgehead atoms. The molecule has 0 spiro atoms. The number of hydrogen-bond acceptors (Lipinski definition) is 4.